The number of para-hydroxylation sites is 3. The molecular formula is C49H35N3. The molecule has 0 fully saturated rings. The number of pyridine rings is 2. The van der Waals surface area contributed by atoms with Gasteiger partial charge in [0, 0.05) is 21.9 Å². The molecule has 0 aliphatic heterocycles. The molecular weight excluding hydrogens is 631 g/mol. The van der Waals surface area contributed by atoms with Crippen molar-refractivity contribution in [3.8, 4) is 22.5 Å². The van der Waals surface area contributed by atoms with Gasteiger partial charge in [-0.05, 0) is 117 Å². The number of fused-ring (bicyclic) bond motifs is 13. The molecule has 0 radical (unpaired) electrons. The fourth-order valence-corrected chi connectivity index (χ4v) is 8.28. The summed E-state index contributed by atoms with van der Waals surface area (Å²) < 4.78 is 2.30. The number of hydrogen-bond donors (Lipinski definition) is 0. The highest BCUT2D eigenvalue weighted by Crippen LogP contribution is 2.41. The average molecular weight is 666 g/mol. The van der Waals surface area contributed by atoms with Crippen LogP contribution in [0.25, 0.3) is 98.8 Å². The van der Waals surface area contributed by atoms with Gasteiger partial charge in [0.25, 0.3) is 0 Å². The van der Waals surface area contributed by atoms with E-state index in [0.717, 1.165) is 56.5 Å². The van der Waals surface area contributed by atoms with E-state index >= 15 is 0 Å². The zero-order chi connectivity index (χ0) is 34.8. The van der Waals surface area contributed by atoms with Gasteiger partial charge < -0.3 is 0 Å². The molecule has 0 aliphatic carbocycles. The molecule has 0 amide bonds. The molecule has 3 heteroatoms. The summed E-state index contributed by atoms with van der Waals surface area (Å²) in [6, 6.07) is 52.5. The maximum absolute atomic E-state index is 5.39. The first-order chi connectivity index (χ1) is 25.7. The van der Waals surface area contributed by atoms with E-state index in [4.69, 9.17) is 9.97 Å². The van der Waals surface area contributed by atoms with Crippen molar-refractivity contribution in [3.63, 3.8) is 0 Å². The lowest BCUT2D eigenvalue weighted by atomic mass is 9.88. The minimum absolute atomic E-state index is 0.946. The predicted octanol–water partition coefficient (Wildman–Crippen LogP) is 13.4. The van der Waals surface area contributed by atoms with Crippen LogP contribution in [0.4, 0.5) is 0 Å². The third-order valence-corrected chi connectivity index (χ3v) is 10.5. The van der Waals surface area contributed by atoms with Gasteiger partial charge in [0.1, 0.15) is 5.65 Å². The first-order valence-electron chi connectivity index (χ1n) is 18.1. The fraction of sp³-hybridized carbons (Fsp3) is 0.0612. The molecule has 3 aromatic heterocycles. The lowest BCUT2D eigenvalue weighted by Crippen LogP contribution is -1.94. The number of allylic oxidation sites excluding steroid dienone is 4. The minimum Gasteiger partial charge on any atom is -0.292 e. The van der Waals surface area contributed by atoms with Crippen LogP contribution in [-0.2, 0) is 0 Å². The molecule has 0 aliphatic rings. The zero-order valence-electron chi connectivity index (χ0n) is 29.1. The van der Waals surface area contributed by atoms with Gasteiger partial charge in [-0.1, -0.05) is 116 Å². The fourth-order valence-electron chi connectivity index (χ4n) is 8.28. The minimum atomic E-state index is 0.946. The third kappa shape index (κ3) is 4.59. The Morgan fingerprint density at radius 3 is 2.00 bits per heavy atom. The Labute approximate surface area is 301 Å². The quantitative estimate of drug-likeness (QED) is 0.135. The maximum Gasteiger partial charge on any atom is 0.146 e. The molecule has 0 N–H and O–H groups in total. The van der Waals surface area contributed by atoms with Crippen molar-refractivity contribution < 1.29 is 0 Å². The van der Waals surface area contributed by atoms with Crippen molar-refractivity contribution in [1.82, 2.24) is 14.4 Å². The summed E-state index contributed by atoms with van der Waals surface area (Å²) in [5.74, 6) is 0. The second-order valence-corrected chi connectivity index (χ2v) is 13.5. The number of imidazole rings is 1. The summed E-state index contributed by atoms with van der Waals surface area (Å²) in [4.78, 5) is 10.5. The summed E-state index contributed by atoms with van der Waals surface area (Å²) in [5.41, 5.74) is 10.9. The van der Waals surface area contributed by atoms with Crippen molar-refractivity contribution in [2.45, 2.75) is 20.3 Å². The number of benzene rings is 7. The summed E-state index contributed by atoms with van der Waals surface area (Å²) in [6.07, 6.45) is 7.68. The molecule has 7 aromatic carbocycles. The number of hydrogen-bond acceptors (Lipinski definition) is 2. The van der Waals surface area contributed by atoms with Gasteiger partial charge in [0.2, 0.25) is 0 Å². The maximum atomic E-state index is 5.39. The van der Waals surface area contributed by atoms with Gasteiger partial charge in [0.05, 0.1) is 27.9 Å². The van der Waals surface area contributed by atoms with Crippen LogP contribution in [0.3, 0.4) is 0 Å². The predicted molar refractivity (Wildman–Crippen MR) is 222 cm³/mol. The van der Waals surface area contributed by atoms with Crippen LogP contribution < -0.4 is 0 Å². The molecule has 0 saturated carbocycles. The molecule has 0 atom stereocenters. The van der Waals surface area contributed by atoms with E-state index in [1.54, 1.807) is 0 Å². The van der Waals surface area contributed by atoms with Crippen LogP contribution in [0.2, 0.25) is 0 Å². The highest BCUT2D eigenvalue weighted by Gasteiger charge is 2.17. The Morgan fingerprint density at radius 1 is 0.538 bits per heavy atom. The van der Waals surface area contributed by atoms with E-state index in [2.05, 4.69) is 182 Å². The molecule has 52 heavy (non-hydrogen) atoms. The van der Waals surface area contributed by atoms with Crippen LogP contribution in [0.15, 0.2) is 164 Å². The van der Waals surface area contributed by atoms with E-state index in [1.807, 2.05) is 0 Å². The van der Waals surface area contributed by atoms with Crippen LogP contribution >= 0.6 is 0 Å². The van der Waals surface area contributed by atoms with Crippen molar-refractivity contribution in [2.24, 2.45) is 0 Å². The van der Waals surface area contributed by atoms with Crippen molar-refractivity contribution in [2.75, 3.05) is 0 Å². The Morgan fingerprint density at radius 2 is 1.19 bits per heavy atom. The first-order valence-corrected chi connectivity index (χ1v) is 18.1. The normalized spacial score (nSPS) is 12.5. The SMILES string of the molecule is C/C=C\C(=C/CC)c1cc2c3ccccc3c(-c3cccc(-c4ccc5c(c4)c4ccccc4n4c6ccccc6nc54)n3)cc2c2ccccc12. The topological polar surface area (TPSA) is 30.2 Å². The Hall–Kier alpha value is -6.58. The molecule has 3 nitrogen and oxygen atoms in total. The first kappa shape index (κ1) is 30.3. The monoisotopic (exact) mass is 665 g/mol. The molecule has 3 heterocycles. The van der Waals surface area contributed by atoms with Gasteiger partial charge in [-0.25, -0.2) is 9.97 Å². The van der Waals surface area contributed by atoms with Crippen molar-refractivity contribution in [1.29, 1.82) is 0 Å². The molecule has 0 unspecified atom stereocenters. The van der Waals surface area contributed by atoms with Crippen LogP contribution in [0.5, 0.6) is 0 Å². The van der Waals surface area contributed by atoms with E-state index in [1.165, 1.54) is 54.2 Å². The van der Waals surface area contributed by atoms with Gasteiger partial charge in [-0.15, -0.1) is 0 Å². The molecule has 10 aromatic rings. The van der Waals surface area contributed by atoms with E-state index in [9.17, 15) is 0 Å². The van der Waals surface area contributed by atoms with Gasteiger partial charge in [-0.3, -0.25) is 4.40 Å². The molecule has 0 spiro atoms. The lowest BCUT2D eigenvalue weighted by Gasteiger charge is -2.16. The smallest absolute Gasteiger partial charge is 0.146 e. The summed E-state index contributed by atoms with van der Waals surface area (Å²) >= 11 is 0. The molecule has 10 rings (SSSR count). The molecule has 0 saturated heterocycles. The summed E-state index contributed by atoms with van der Waals surface area (Å²) in [5, 5.41) is 11.0. The Kier molecular flexibility index (Phi) is 7.00. The number of nitrogens with zero attached hydrogens (tertiary/aromatic N) is 3. The van der Waals surface area contributed by atoms with Crippen molar-refractivity contribution in [3.05, 3.63) is 169 Å². The highest BCUT2D eigenvalue weighted by atomic mass is 15.0. The zero-order valence-corrected chi connectivity index (χ0v) is 29.1. The van der Waals surface area contributed by atoms with Crippen LogP contribution in [0, 0.1) is 0 Å². The number of aromatic nitrogens is 3. The van der Waals surface area contributed by atoms with Gasteiger partial charge >= 0.3 is 0 Å². The summed E-state index contributed by atoms with van der Waals surface area (Å²) in [6.45, 7) is 4.30. The van der Waals surface area contributed by atoms with Gasteiger partial charge in [-0.2, -0.15) is 0 Å². The second kappa shape index (κ2) is 12.0. The average Bonchev–Trinajstić information content (AvgIpc) is 3.60. The van der Waals surface area contributed by atoms with Gasteiger partial charge in [0.15, 0.2) is 0 Å². The lowest BCUT2D eigenvalue weighted by molar-refractivity contribution is 1.23. The van der Waals surface area contributed by atoms with Crippen LogP contribution in [-0.4, -0.2) is 14.4 Å². The molecule has 0 bridgehead atoms. The van der Waals surface area contributed by atoms with Crippen LogP contribution in [0.1, 0.15) is 25.8 Å². The van der Waals surface area contributed by atoms with E-state index < -0.39 is 0 Å². The Bertz CT molecular complexity index is 3120. The van der Waals surface area contributed by atoms with E-state index in [-0.39, 0.29) is 0 Å². The largest absolute Gasteiger partial charge is 0.292 e. The second-order valence-electron chi connectivity index (χ2n) is 13.5. The van der Waals surface area contributed by atoms with E-state index in [0.29, 0.717) is 0 Å². The summed E-state index contributed by atoms with van der Waals surface area (Å²) in [7, 11) is 0. The van der Waals surface area contributed by atoms with Crippen molar-refractivity contribution >= 4 is 76.2 Å². The Balaban J connectivity index is 1.19. The third-order valence-electron chi connectivity index (χ3n) is 10.5. The standard InChI is InChI=1S/C49H35N3/c1-3-14-31(15-4-2)39-29-41-35-18-7-8-19-36(35)43(30-42(41)34-17-6-5-16-33(34)39)45-23-13-22-44(50-45)32-26-27-38-40(28-32)37-20-9-11-24-47(37)52-48-25-12-10-21-46(48)51-49(38)52/h3,5-30H,4H2,1-2H3/b14-3-,31-15+. The highest BCUT2D eigenvalue weighted by molar-refractivity contribution is 6.23. The number of rotatable bonds is 5. The molecule has 246 valence electrons.